The summed E-state index contributed by atoms with van der Waals surface area (Å²) in [6.07, 6.45) is 3.18. The zero-order valence-electron chi connectivity index (χ0n) is 17.1. The Morgan fingerprint density at radius 1 is 1.03 bits per heavy atom. The average Bonchev–Trinajstić information content (AvgIpc) is 2.67. The van der Waals surface area contributed by atoms with E-state index in [4.69, 9.17) is 0 Å². The average molecular weight is 416 g/mol. The SMILES string of the molecule is CC(C)NS(=O)(=O)c1ccc(NC(=O)[C@H](C)N[C@H]2CCCc3ccccc32)cc1. The number of sulfonamides is 1. The second kappa shape index (κ2) is 9.07. The van der Waals surface area contributed by atoms with Crippen molar-refractivity contribution in [1.82, 2.24) is 10.0 Å². The minimum absolute atomic E-state index is 0.149. The number of anilines is 1. The number of benzene rings is 2. The van der Waals surface area contributed by atoms with Crippen LogP contribution in [0.3, 0.4) is 0 Å². The molecule has 0 heterocycles. The lowest BCUT2D eigenvalue weighted by Gasteiger charge is -2.29. The van der Waals surface area contributed by atoms with Gasteiger partial charge < -0.3 is 5.32 Å². The molecule has 1 aliphatic carbocycles. The van der Waals surface area contributed by atoms with Crippen LogP contribution in [-0.2, 0) is 21.2 Å². The van der Waals surface area contributed by atoms with Crippen LogP contribution in [0.1, 0.15) is 50.8 Å². The van der Waals surface area contributed by atoms with Crippen molar-refractivity contribution in [2.24, 2.45) is 0 Å². The molecule has 1 aliphatic rings. The summed E-state index contributed by atoms with van der Waals surface area (Å²) in [5.41, 5.74) is 3.18. The normalized spacial score (nSPS) is 17.6. The Balaban J connectivity index is 1.62. The van der Waals surface area contributed by atoms with E-state index in [9.17, 15) is 13.2 Å². The predicted octanol–water partition coefficient (Wildman–Crippen LogP) is 3.37. The summed E-state index contributed by atoms with van der Waals surface area (Å²) >= 11 is 0. The number of carbonyl (C=O) groups is 1. The molecule has 6 nitrogen and oxygen atoms in total. The molecule has 0 unspecified atom stereocenters. The zero-order chi connectivity index (χ0) is 21.0. The molecule has 2 atom stereocenters. The number of carbonyl (C=O) groups excluding carboxylic acids is 1. The van der Waals surface area contributed by atoms with Crippen LogP contribution in [0.5, 0.6) is 0 Å². The highest BCUT2D eigenvalue weighted by molar-refractivity contribution is 7.89. The van der Waals surface area contributed by atoms with Crippen LogP contribution in [-0.4, -0.2) is 26.4 Å². The summed E-state index contributed by atoms with van der Waals surface area (Å²) in [5, 5.41) is 6.29. The standard InChI is InChI=1S/C22H29N3O3S/c1-15(2)25-29(27,28)19-13-11-18(12-14-19)24-22(26)16(3)23-21-10-6-8-17-7-4-5-9-20(17)21/h4-5,7,9,11-16,21,23,25H,6,8,10H2,1-3H3,(H,24,26)/t16-,21-/m0/s1. The van der Waals surface area contributed by atoms with Crippen LogP contribution in [0.4, 0.5) is 5.69 Å². The summed E-state index contributed by atoms with van der Waals surface area (Å²) in [6.45, 7) is 5.38. The van der Waals surface area contributed by atoms with E-state index < -0.39 is 10.0 Å². The molecule has 3 rings (SSSR count). The van der Waals surface area contributed by atoms with Crippen molar-refractivity contribution in [1.29, 1.82) is 0 Å². The topological polar surface area (TPSA) is 87.3 Å². The van der Waals surface area contributed by atoms with Crippen molar-refractivity contribution >= 4 is 21.6 Å². The zero-order valence-corrected chi connectivity index (χ0v) is 17.9. The van der Waals surface area contributed by atoms with Gasteiger partial charge in [0.25, 0.3) is 0 Å². The van der Waals surface area contributed by atoms with Crippen molar-refractivity contribution in [2.45, 2.75) is 63.1 Å². The number of amides is 1. The number of aryl methyl sites for hydroxylation is 1. The molecule has 0 saturated carbocycles. The van der Waals surface area contributed by atoms with Gasteiger partial charge in [-0.15, -0.1) is 0 Å². The highest BCUT2D eigenvalue weighted by atomic mass is 32.2. The van der Waals surface area contributed by atoms with Gasteiger partial charge in [0.1, 0.15) is 0 Å². The molecule has 0 fully saturated rings. The third kappa shape index (κ3) is 5.44. The van der Waals surface area contributed by atoms with E-state index in [-0.39, 0.29) is 28.9 Å². The van der Waals surface area contributed by atoms with Gasteiger partial charge in [-0.25, -0.2) is 13.1 Å². The summed E-state index contributed by atoms with van der Waals surface area (Å²) < 4.78 is 26.9. The second-order valence-electron chi connectivity index (χ2n) is 7.82. The highest BCUT2D eigenvalue weighted by Gasteiger charge is 2.24. The lowest BCUT2D eigenvalue weighted by molar-refractivity contribution is -0.118. The third-order valence-electron chi connectivity index (χ3n) is 5.04. The summed E-state index contributed by atoms with van der Waals surface area (Å²) in [5.74, 6) is -0.149. The first-order valence-electron chi connectivity index (χ1n) is 10.0. The Hall–Kier alpha value is -2.22. The molecule has 29 heavy (non-hydrogen) atoms. The van der Waals surface area contributed by atoms with E-state index in [0.29, 0.717) is 5.69 Å². The van der Waals surface area contributed by atoms with Crippen molar-refractivity contribution in [3.05, 3.63) is 59.7 Å². The quantitative estimate of drug-likeness (QED) is 0.647. The van der Waals surface area contributed by atoms with Crippen LogP contribution in [0.15, 0.2) is 53.4 Å². The van der Waals surface area contributed by atoms with Gasteiger partial charge in [-0.2, -0.15) is 0 Å². The van der Waals surface area contributed by atoms with Crippen LogP contribution >= 0.6 is 0 Å². The molecule has 0 bridgehead atoms. The van der Waals surface area contributed by atoms with Gasteiger partial charge in [-0.1, -0.05) is 24.3 Å². The van der Waals surface area contributed by atoms with Crippen LogP contribution in [0, 0.1) is 0 Å². The fourth-order valence-corrected chi connectivity index (χ4v) is 4.90. The predicted molar refractivity (Wildman–Crippen MR) is 115 cm³/mol. The Kier molecular flexibility index (Phi) is 6.72. The van der Waals surface area contributed by atoms with Crippen LogP contribution in [0.2, 0.25) is 0 Å². The highest BCUT2D eigenvalue weighted by Crippen LogP contribution is 2.29. The molecule has 0 aromatic heterocycles. The van der Waals surface area contributed by atoms with E-state index in [1.54, 1.807) is 26.0 Å². The first-order valence-corrected chi connectivity index (χ1v) is 11.5. The van der Waals surface area contributed by atoms with E-state index in [0.717, 1.165) is 19.3 Å². The minimum atomic E-state index is -3.54. The van der Waals surface area contributed by atoms with Gasteiger partial charge in [0.05, 0.1) is 10.9 Å². The number of rotatable bonds is 7. The molecule has 1 amide bonds. The van der Waals surface area contributed by atoms with Gasteiger partial charge in [0, 0.05) is 17.8 Å². The van der Waals surface area contributed by atoms with E-state index >= 15 is 0 Å². The summed E-state index contributed by atoms with van der Waals surface area (Å²) in [7, 11) is -3.54. The fourth-order valence-electron chi connectivity index (χ4n) is 3.65. The monoisotopic (exact) mass is 415 g/mol. The molecule has 0 aliphatic heterocycles. The van der Waals surface area contributed by atoms with Gasteiger partial charge in [-0.05, 0) is 75.4 Å². The second-order valence-corrected chi connectivity index (χ2v) is 9.54. The number of hydrogen-bond acceptors (Lipinski definition) is 4. The van der Waals surface area contributed by atoms with Crippen LogP contribution in [0.25, 0.3) is 0 Å². The molecule has 7 heteroatoms. The Bertz CT molecular complexity index is 956. The Morgan fingerprint density at radius 3 is 2.41 bits per heavy atom. The maximum absolute atomic E-state index is 12.6. The molecule has 2 aromatic carbocycles. The lowest BCUT2D eigenvalue weighted by Crippen LogP contribution is -2.41. The lowest BCUT2D eigenvalue weighted by atomic mass is 9.87. The van der Waals surface area contributed by atoms with E-state index in [2.05, 4.69) is 33.6 Å². The van der Waals surface area contributed by atoms with Crippen molar-refractivity contribution in [2.75, 3.05) is 5.32 Å². The minimum Gasteiger partial charge on any atom is -0.325 e. The first kappa shape index (κ1) is 21.5. The molecular formula is C22H29N3O3S. The molecule has 0 spiro atoms. The molecule has 2 aromatic rings. The molecule has 0 radical (unpaired) electrons. The maximum Gasteiger partial charge on any atom is 0.241 e. The van der Waals surface area contributed by atoms with Crippen LogP contribution < -0.4 is 15.4 Å². The molecule has 3 N–H and O–H groups in total. The van der Waals surface area contributed by atoms with E-state index in [1.807, 2.05) is 13.0 Å². The van der Waals surface area contributed by atoms with Crippen molar-refractivity contribution in [3.8, 4) is 0 Å². The summed E-state index contributed by atoms with van der Waals surface area (Å²) in [4.78, 5) is 12.8. The smallest absolute Gasteiger partial charge is 0.241 e. The van der Waals surface area contributed by atoms with Gasteiger partial charge >= 0.3 is 0 Å². The maximum atomic E-state index is 12.6. The molecule has 156 valence electrons. The molecular weight excluding hydrogens is 386 g/mol. The Labute approximate surface area is 173 Å². The Morgan fingerprint density at radius 2 is 1.72 bits per heavy atom. The third-order valence-corrected chi connectivity index (χ3v) is 6.71. The van der Waals surface area contributed by atoms with Crippen molar-refractivity contribution in [3.63, 3.8) is 0 Å². The van der Waals surface area contributed by atoms with Gasteiger partial charge in [0.2, 0.25) is 15.9 Å². The summed E-state index contributed by atoms with van der Waals surface area (Å²) in [6, 6.07) is 14.2. The first-order chi connectivity index (χ1) is 13.8. The fraction of sp³-hybridized carbons (Fsp3) is 0.409. The van der Waals surface area contributed by atoms with E-state index in [1.165, 1.54) is 23.3 Å². The van der Waals surface area contributed by atoms with Gasteiger partial charge in [0.15, 0.2) is 0 Å². The number of fused-ring (bicyclic) bond motifs is 1. The van der Waals surface area contributed by atoms with Gasteiger partial charge in [-0.3, -0.25) is 10.1 Å². The van der Waals surface area contributed by atoms with Crippen molar-refractivity contribution < 1.29 is 13.2 Å². The number of hydrogen-bond donors (Lipinski definition) is 3. The number of nitrogens with one attached hydrogen (secondary N) is 3. The molecule has 0 saturated heterocycles. The largest absolute Gasteiger partial charge is 0.325 e.